The zero-order valence-electron chi connectivity index (χ0n) is 16.9. The molecule has 2 aromatic rings. The van der Waals surface area contributed by atoms with Crippen LogP contribution in [0.3, 0.4) is 0 Å². The van der Waals surface area contributed by atoms with Crippen LogP contribution in [0.5, 0.6) is 5.75 Å². The van der Waals surface area contributed by atoms with Crippen molar-refractivity contribution >= 4 is 22.8 Å². The van der Waals surface area contributed by atoms with E-state index in [0.717, 1.165) is 61.0 Å². The number of piperazine rings is 1. The Morgan fingerprint density at radius 2 is 1.89 bits per heavy atom. The van der Waals surface area contributed by atoms with E-state index in [1.165, 1.54) is 11.3 Å². The molecule has 3 rings (SSSR count). The number of ether oxygens (including phenoxy) is 1. The molecule has 1 aromatic carbocycles. The van der Waals surface area contributed by atoms with E-state index < -0.39 is 0 Å². The number of ketones is 1. The zero-order chi connectivity index (χ0) is 19.9. The molecule has 150 valence electrons. The van der Waals surface area contributed by atoms with Crippen LogP contribution in [0.25, 0.3) is 0 Å². The van der Waals surface area contributed by atoms with Gasteiger partial charge in [-0.1, -0.05) is 18.2 Å². The van der Waals surface area contributed by atoms with Gasteiger partial charge in [-0.3, -0.25) is 9.69 Å². The van der Waals surface area contributed by atoms with Crippen molar-refractivity contribution in [3.05, 3.63) is 58.4 Å². The summed E-state index contributed by atoms with van der Waals surface area (Å²) in [6, 6.07) is 12.0. The van der Waals surface area contributed by atoms with Gasteiger partial charge in [-0.15, -0.1) is 11.3 Å². The summed E-state index contributed by atoms with van der Waals surface area (Å²) in [5.41, 5.74) is 2.03. The van der Waals surface area contributed by atoms with Gasteiger partial charge in [0.1, 0.15) is 5.75 Å². The quantitative estimate of drug-likeness (QED) is 0.501. The number of carbonyl (C=O) groups is 1. The van der Waals surface area contributed by atoms with Crippen LogP contribution >= 0.6 is 11.3 Å². The topological polar surface area (TPSA) is 36.0 Å². The van der Waals surface area contributed by atoms with Gasteiger partial charge in [0.25, 0.3) is 0 Å². The van der Waals surface area contributed by atoms with Crippen molar-refractivity contribution in [3.63, 3.8) is 0 Å². The third kappa shape index (κ3) is 5.14. The lowest BCUT2D eigenvalue weighted by atomic mass is 10.1. The Bertz CT molecular complexity index is 794. The number of nitrogens with zero attached hydrogens (tertiary/aromatic N) is 3. The van der Waals surface area contributed by atoms with E-state index in [4.69, 9.17) is 4.74 Å². The van der Waals surface area contributed by atoms with E-state index in [1.54, 1.807) is 7.11 Å². The Kier molecular flexibility index (Phi) is 7.12. The average Bonchev–Trinajstić information content (AvgIpc) is 3.25. The number of rotatable bonds is 8. The molecule has 0 unspecified atom stereocenters. The van der Waals surface area contributed by atoms with Gasteiger partial charge in [0.05, 0.1) is 17.7 Å². The number of para-hydroxylation sites is 2. The van der Waals surface area contributed by atoms with Crippen LogP contribution < -0.4 is 9.64 Å². The third-order valence-corrected chi connectivity index (χ3v) is 5.81. The van der Waals surface area contributed by atoms with Gasteiger partial charge in [0.2, 0.25) is 0 Å². The first-order chi connectivity index (χ1) is 13.6. The first kappa shape index (κ1) is 20.4. The highest BCUT2D eigenvalue weighted by Crippen LogP contribution is 2.28. The summed E-state index contributed by atoms with van der Waals surface area (Å²) in [5.74, 6) is 1.07. The predicted octanol–water partition coefficient (Wildman–Crippen LogP) is 3.60. The summed E-state index contributed by atoms with van der Waals surface area (Å²) in [7, 11) is 5.65. The smallest absolute Gasteiger partial charge is 0.200 e. The van der Waals surface area contributed by atoms with Crippen LogP contribution in [-0.4, -0.2) is 69.5 Å². The molecule has 5 nitrogen and oxygen atoms in total. The molecule has 0 radical (unpaired) electrons. The first-order valence-electron chi connectivity index (χ1n) is 9.64. The second-order valence-corrected chi connectivity index (χ2v) is 8.12. The van der Waals surface area contributed by atoms with E-state index in [2.05, 4.69) is 21.9 Å². The summed E-state index contributed by atoms with van der Waals surface area (Å²) in [5, 5.41) is 1.96. The molecule has 1 aromatic heterocycles. The molecule has 0 aliphatic carbocycles. The van der Waals surface area contributed by atoms with Crippen molar-refractivity contribution in [2.45, 2.75) is 6.42 Å². The minimum atomic E-state index is 0.149. The SMILES string of the molecule is COc1ccccc1N1CCN(CCC(=CN(C)C)C(=O)c2cccs2)CC1. The van der Waals surface area contributed by atoms with E-state index in [1.807, 2.05) is 54.8 Å². The molecule has 28 heavy (non-hydrogen) atoms. The molecule has 6 heteroatoms. The zero-order valence-corrected chi connectivity index (χ0v) is 17.7. The number of carbonyl (C=O) groups excluding carboxylic acids is 1. The van der Waals surface area contributed by atoms with Gasteiger partial charge in [-0.05, 0) is 30.0 Å². The van der Waals surface area contributed by atoms with Crippen molar-refractivity contribution in [2.75, 3.05) is 58.8 Å². The third-order valence-electron chi connectivity index (χ3n) is 4.95. The van der Waals surface area contributed by atoms with Crippen LogP contribution in [0.15, 0.2) is 53.6 Å². The summed E-state index contributed by atoms with van der Waals surface area (Å²) in [6.45, 7) is 4.80. The van der Waals surface area contributed by atoms with Crippen LogP contribution in [0, 0.1) is 0 Å². The van der Waals surface area contributed by atoms with Crippen molar-refractivity contribution in [1.29, 1.82) is 0 Å². The number of Topliss-reactive ketones (excluding diaryl/α,β-unsaturated/α-hetero) is 1. The largest absolute Gasteiger partial charge is 0.495 e. The fourth-order valence-electron chi connectivity index (χ4n) is 3.50. The maximum Gasteiger partial charge on any atom is 0.200 e. The summed E-state index contributed by atoms with van der Waals surface area (Å²) >= 11 is 1.51. The van der Waals surface area contributed by atoms with Gasteiger partial charge in [-0.25, -0.2) is 0 Å². The number of benzene rings is 1. The fraction of sp³-hybridized carbons (Fsp3) is 0.409. The van der Waals surface area contributed by atoms with Crippen molar-refractivity contribution < 1.29 is 9.53 Å². The van der Waals surface area contributed by atoms with Crippen LogP contribution in [0.2, 0.25) is 0 Å². The molecule has 1 saturated heterocycles. The van der Waals surface area contributed by atoms with E-state index in [0.29, 0.717) is 0 Å². The molecule has 1 aliphatic rings. The Morgan fingerprint density at radius 3 is 2.54 bits per heavy atom. The highest BCUT2D eigenvalue weighted by atomic mass is 32.1. The van der Waals surface area contributed by atoms with E-state index >= 15 is 0 Å². The normalized spacial score (nSPS) is 15.5. The summed E-state index contributed by atoms with van der Waals surface area (Å²) < 4.78 is 5.50. The number of hydrogen-bond donors (Lipinski definition) is 0. The number of thiophene rings is 1. The van der Waals surface area contributed by atoms with Crippen molar-refractivity contribution in [2.24, 2.45) is 0 Å². The lowest BCUT2D eigenvalue weighted by molar-refractivity contribution is 0.103. The lowest BCUT2D eigenvalue weighted by Gasteiger charge is -2.36. The monoisotopic (exact) mass is 399 g/mol. The van der Waals surface area contributed by atoms with Gasteiger partial charge < -0.3 is 14.5 Å². The molecule has 2 heterocycles. The molecular formula is C22H29N3O2S. The molecule has 0 spiro atoms. The summed E-state index contributed by atoms with van der Waals surface area (Å²) in [6.07, 6.45) is 2.73. The Hall–Kier alpha value is -2.31. The van der Waals surface area contributed by atoms with Crippen LogP contribution in [0.1, 0.15) is 16.1 Å². The Morgan fingerprint density at radius 1 is 1.14 bits per heavy atom. The molecule has 0 amide bonds. The van der Waals surface area contributed by atoms with Gasteiger partial charge in [0, 0.05) is 58.6 Å². The molecule has 0 N–H and O–H groups in total. The average molecular weight is 400 g/mol. The van der Waals surface area contributed by atoms with Crippen molar-refractivity contribution in [3.8, 4) is 5.75 Å². The Balaban J connectivity index is 1.57. The second-order valence-electron chi connectivity index (χ2n) is 7.17. The van der Waals surface area contributed by atoms with E-state index in [-0.39, 0.29) is 5.78 Å². The van der Waals surface area contributed by atoms with Crippen LogP contribution in [0.4, 0.5) is 5.69 Å². The van der Waals surface area contributed by atoms with Gasteiger partial charge >= 0.3 is 0 Å². The fourth-order valence-corrected chi connectivity index (χ4v) is 4.20. The van der Waals surface area contributed by atoms with Crippen LogP contribution in [-0.2, 0) is 0 Å². The van der Waals surface area contributed by atoms with Gasteiger partial charge in [0.15, 0.2) is 5.78 Å². The molecule has 0 bridgehead atoms. The number of methoxy groups -OCH3 is 1. The molecule has 0 saturated carbocycles. The maximum atomic E-state index is 12.8. The minimum absolute atomic E-state index is 0.149. The Labute approximate surface area is 171 Å². The minimum Gasteiger partial charge on any atom is -0.495 e. The standard InChI is InChI=1S/C22H29N3O2S/c1-23(2)17-18(22(26)21-9-6-16-28-21)10-11-24-12-14-25(15-13-24)19-7-4-5-8-20(19)27-3/h4-9,16-17H,10-15H2,1-3H3. The summed E-state index contributed by atoms with van der Waals surface area (Å²) in [4.78, 5) is 20.4. The number of anilines is 1. The molecule has 1 fully saturated rings. The first-order valence-corrected chi connectivity index (χ1v) is 10.5. The second kappa shape index (κ2) is 9.75. The highest BCUT2D eigenvalue weighted by molar-refractivity contribution is 7.12. The van der Waals surface area contributed by atoms with E-state index in [9.17, 15) is 4.79 Å². The molecular weight excluding hydrogens is 370 g/mol. The molecule has 0 atom stereocenters. The lowest BCUT2D eigenvalue weighted by Crippen LogP contribution is -2.46. The molecule has 1 aliphatic heterocycles. The van der Waals surface area contributed by atoms with Crippen molar-refractivity contribution in [1.82, 2.24) is 9.80 Å². The highest BCUT2D eigenvalue weighted by Gasteiger charge is 2.21. The maximum absolute atomic E-state index is 12.8. The van der Waals surface area contributed by atoms with Gasteiger partial charge in [-0.2, -0.15) is 0 Å². The number of hydrogen-bond acceptors (Lipinski definition) is 6. The predicted molar refractivity (Wildman–Crippen MR) is 117 cm³/mol.